The van der Waals surface area contributed by atoms with Gasteiger partial charge in [-0.3, -0.25) is 0 Å². The number of aliphatic hydroxyl groups excluding tert-OH is 1. The van der Waals surface area contributed by atoms with Gasteiger partial charge in [-0.15, -0.1) is 11.8 Å². The van der Waals surface area contributed by atoms with Gasteiger partial charge < -0.3 is 19.5 Å². The first-order chi connectivity index (χ1) is 18.4. The summed E-state index contributed by atoms with van der Waals surface area (Å²) in [7, 11) is -3.39. The Morgan fingerprint density at radius 2 is 1.26 bits per heavy atom. The quantitative estimate of drug-likeness (QED) is 0.125. The minimum Gasteiger partial charge on any atom is -0.389 e. The maximum absolute atomic E-state index is 15.2. The van der Waals surface area contributed by atoms with Crippen molar-refractivity contribution < 1.29 is 19.5 Å². The van der Waals surface area contributed by atoms with Crippen LogP contribution in [0.1, 0.15) is 18.9 Å². The zero-order valence-corrected chi connectivity index (χ0v) is 23.3. The van der Waals surface area contributed by atoms with Crippen LogP contribution in [0.5, 0.6) is 0 Å². The van der Waals surface area contributed by atoms with E-state index in [1.165, 1.54) is 11.8 Å². The summed E-state index contributed by atoms with van der Waals surface area (Å²) in [5, 5.41) is 24.7. The number of benzene rings is 4. The third kappa shape index (κ3) is 7.05. The summed E-state index contributed by atoms with van der Waals surface area (Å²) < 4.78 is 21.2. The lowest BCUT2D eigenvalue weighted by Crippen LogP contribution is -2.51. The molecule has 0 amide bonds. The average Bonchev–Trinajstić information content (AvgIpc) is 2.97. The van der Waals surface area contributed by atoms with Gasteiger partial charge in [-0.25, -0.2) is 0 Å². The van der Waals surface area contributed by atoms with Crippen LogP contribution in [0, 0.1) is 0 Å². The van der Waals surface area contributed by atoms with E-state index in [-0.39, 0.29) is 5.75 Å². The highest BCUT2D eigenvalue weighted by molar-refractivity contribution is 7.99. The van der Waals surface area contributed by atoms with E-state index in [0.29, 0.717) is 30.2 Å². The van der Waals surface area contributed by atoms with Gasteiger partial charge in [0, 0.05) is 27.9 Å². The lowest BCUT2D eigenvalue weighted by Gasteiger charge is -2.39. The van der Waals surface area contributed by atoms with Gasteiger partial charge in [0.15, 0.2) is 0 Å². The van der Waals surface area contributed by atoms with Crippen LogP contribution in [0.3, 0.4) is 0 Å². The van der Waals surface area contributed by atoms with Crippen LogP contribution in [-0.2, 0) is 15.9 Å². The molecule has 0 unspecified atom stereocenters. The molecule has 198 valence electrons. The van der Waals surface area contributed by atoms with Crippen LogP contribution >= 0.6 is 18.9 Å². The van der Waals surface area contributed by atoms with Crippen LogP contribution in [0.25, 0.3) is 0 Å². The van der Waals surface area contributed by atoms with Crippen molar-refractivity contribution in [3.63, 3.8) is 0 Å². The van der Waals surface area contributed by atoms with Gasteiger partial charge in [0.2, 0.25) is 0 Å². The number of rotatable bonds is 13. The molecule has 4 aromatic carbocycles. The summed E-state index contributed by atoms with van der Waals surface area (Å²) in [4.78, 5) is 0.997. The van der Waals surface area contributed by atoms with E-state index in [0.717, 1.165) is 10.5 Å². The van der Waals surface area contributed by atoms with Gasteiger partial charge in [-0.1, -0.05) is 109 Å². The Labute approximate surface area is 230 Å². The van der Waals surface area contributed by atoms with E-state index in [2.05, 4.69) is 0 Å². The lowest BCUT2D eigenvalue weighted by atomic mass is 9.97. The first-order valence-electron chi connectivity index (χ1n) is 12.8. The summed E-state index contributed by atoms with van der Waals surface area (Å²) in [6.07, 6.45) is -0.938. The normalized spacial score (nSPS) is 14.9. The molecule has 0 aliphatic rings. The number of aliphatic hydroxyl groups is 2. The molecule has 0 heterocycles. The van der Waals surface area contributed by atoms with Crippen LogP contribution < -0.4 is 10.6 Å². The maximum Gasteiger partial charge on any atom is 0.148 e. The average molecular weight is 547 g/mol. The van der Waals surface area contributed by atoms with Crippen LogP contribution in [-0.4, -0.2) is 39.9 Å². The fourth-order valence-electron chi connectivity index (χ4n) is 4.58. The van der Waals surface area contributed by atoms with Crippen molar-refractivity contribution in [2.45, 2.75) is 42.2 Å². The van der Waals surface area contributed by atoms with E-state index < -0.39 is 24.5 Å². The monoisotopic (exact) mass is 546 g/mol. The molecule has 0 saturated carbocycles. The zero-order chi connectivity index (χ0) is 26.8. The van der Waals surface area contributed by atoms with Gasteiger partial charge in [0.05, 0.1) is 24.0 Å². The Morgan fingerprint density at radius 1 is 0.789 bits per heavy atom. The summed E-state index contributed by atoms with van der Waals surface area (Å²) in [5.41, 5.74) is -1.20. The Kier molecular flexibility index (Phi) is 10.0. The number of ether oxygens (including phenoxy) is 1. The fraction of sp³-hybridized carbons (Fsp3) is 0.250. The van der Waals surface area contributed by atoms with Gasteiger partial charge in [-0.2, -0.15) is 0 Å². The molecule has 0 bridgehead atoms. The Morgan fingerprint density at radius 3 is 1.79 bits per heavy atom. The predicted octanol–water partition coefficient (Wildman–Crippen LogP) is 5.88. The largest absolute Gasteiger partial charge is 0.389 e. The van der Waals surface area contributed by atoms with Crippen molar-refractivity contribution >= 4 is 29.5 Å². The molecule has 6 heteroatoms. The molecule has 38 heavy (non-hydrogen) atoms. The molecule has 4 nitrogen and oxygen atoms in total. The highest BCUT2D eigenvalue weighted by Gasteiger charge is 2.47. The van der Waals surface area contributed by atoms with Crippen molar-refractivity contribution in [1.82, 2.24) is 0 Å². The molecule has 0 fully saturated rings. The topological polar surface area (TPSA) is 66.8 Å². The van der Waals surface area contributed by atoms with Crippen molar-refractivity contribution in [2.24, 2.45) is 0 Å². The Bertz CT molecular complexity index is 1240. The number of thioether (sulfide) groups is 1. The molecule has 2 N–H and O–H groups in total. The summed E-state index contributed by atoms with van der Waals surface area (Å²) in [6.45, 7) is 2.35. The van der Waals surface area contributed by atoms with Crippen LogP contribution in [0.2, 0.25) is 0 Å². The van der Waals surface area contributed by atoms with E-state index in [9.17, 15) is 10.2 Å². The minimum atomic E-state index is -3.39. The maximum atomic E-state index is 15.2. The first kappa shape index (κ1) is 28.4. The third-order valence-electron chi connectivity index (χ3n) is 6.69. The van der Waals surface area contributed by atoms with E-state index >= 15 is 4.57 Å². The molecule has 4 aromatic rings. The van der Waals surface area contributed by atoms with Gasteiger partial charge in [-0.05, 0) is 31.0 Å². The lowest BCUT2D eigenvalue weighted by molar-refractivity contribution is -0.0492. The molecule has 4 rings (SSSR count). The molecule has 0 aromatic heterocycles. The summed E-state index contributed by atoms with van der Waals surface area (Å²) >= 11 is 1.47. The molecule has 0 aliphatic carbocycles. The number of hydrogen-bond acceptors (Lipinski definition) is 5. The van der Waals surface area contributed by atoms with E-state index in [1.807, 2.05) is 121 Å². The smallest absolute Gasteiger partial charge is 0.148 e. The van der Waals surface area contributed by atoms with Gasteiger partial charge in [0.25, 0.3) is 0 Å². The Hall–Kier alpha value is -2.66. The second-order valence-corrected chi connectivity index (χ2v) is 13.7. The molecular formula is C32H35O4PS. The predicted molar refractivity (Wildman–Crippen MR) is 158 cm³/mol. The molecule has 0 radical (unpaired) electrons. The number of hydrogen-bond donors (Lipinski definition) is 2. The molecule has 0 aliphatic heterocycles. The fourth-order valence-corrected chi connectivity index (χ4v) is 9.05. The molecular weight excluding hydrogens is 511 g/mol. The van der Waals surface area contributed by atoms with Gasteiger partial charge in [0.1, 0.15) is 7.14 Å². The van der Waals surface area contributed by atoms with Crippen LogP contribution in [0.15, 0.2) is 126 Å². The van der Waals surface area contributed by atoms with Crippen molar-refractivity contribution in [1.29, 1.82) is 0 Å². The highest BCUT2D eigenvalue weighted by atomic mass is 32.2. The van der Waals surface area contributed by atoms with E-state index in [4.69, 9.17) is 4.74 Å². The van der Waals surface area contributed by atoms with Gasteiger partial charge >= 0.3 is 0 Å². The first-order valence-corrected chi connectivity index (χ1v) is 15.6. The van der Waals surface area contributed by atoms with Crippen molar-refractivity contribution in [3.05, 3.63) is 127 Å². The van der Waals surface area contributed by atoms with Crippen LogP contribution in [0.4, 0.5) is 0 Å². The Balaban J connectivity index is 1.64. The second kappa shape index (κ2) is 13.4. The molecule has 0 spiro atoms. The summed E-state index contributed by atoms with van der Waals surface area (Å²) in [5.74, 6) is 0.253. The van der Waals surface area contributed by atoms with E-state index in [1.54, 1.807) is 6.92 Å². The zero-order valence-electron chi connectivity index (χ0n) is 21.6. The minimum absolute atomic E-state index is 0.253. The summed E-state index contributed by atoms with van der Waals surface area (Å²) in [6, 6.07) is 38.3. The molecule has 3 atom stereocenters. The standard InChI is InChI=1S/C32H35O4PS/c1-32(34,25-38-29-20-12-5-13-21-29)31(33)30(22-23-36-24-26-14-6-2-7-15-26)37(35,27-16-8-3-9-17-27)28-18-10-4-11-19-28/h2-21,30-31,33-34H,22-25H2,1H3/t30-,31-,32+/m1/s1. The highest BCUT2D eigenvalue weighted by Crippen LogP contribution is 2.53. The van der Waals surface area contributed by atoms with Crippen molar-refractivity contribution in [2.75, 3.05) is 12.4 Å². The third-order valence-corrected chi connectivity index (χ3v) is 11.6. The van der Waals surface area contributed by atoms with Crippen molar-refractivity contribution in [3.8, 4) is 0 Å². The SMILES string of the molecule is C[C@](O)(CSc1ccccc1)[C@H](O)[C@@H](CCOCc1ccccc1)P(=O)(c1ccccc1)c1ccccc1. The second-order valence-electron chi connectivity index (χ2n) is 9.63. The molecule has 0 saturated heterocycles.